The molecule has 3 nitrogen and oxygen atoms in total. The molecule has 198 valence electrons. The van der Waals surface area contributed by atoms with E-state index in [0.717, 1.165) is 61.3 Å². The number of carbonyl (C=O) groups excluding carboxylic acids is 1. The highest BCUT2D eigenvalue weighted by atomic mass is 16.5. The van der Waals surface area contributed by atoms with Crippen molar-refractivity contribution < 1.29 is 9.53 Å². The monoisotopic (exact) mass is 499 g/mol. The fourth-order valence-corrected chi connectivity index (χ4v) is 6.21. The molecule has 2 aliphatic carbocycles. The number of ketones is 1. The number of hydrogen-bond acceptors (Lipinski definition) is 3. The molecule has 0 heterocycles. The summed E-state index contributed by atoms with van der Waals surface area (Å²) in [5.74, 6) is 1.32. The number of carbonyl (C=O) groups is 1. The van der Waals surface area contributed by atoms with Crippen LogP contribution in [0.4, 0.5) is 0 Å². The molecule has 2 aromatic carbocycles. The Morgan fingerprint density at radius 1 is 1.00 bits per heavy atom. The van der Waals surface area contributed by atoms with Crippen LogP contribution in [0, 0.1) is 5.92 Å². The number of likely N-dealkylation sites (N-methyl/N-ethyl adjacent to an activating group) is 1. The minimum atomic E-state index is -0.287. The first-order valence-electron chi connectivity index (χ1n) is 14.4. The molecule has 0 aromatic heterocycles. The van der Waals surface area contributed by atoms with Crippen molar-refractivity contribution in [3.05, 3.63) is 88.0 Å². The average Bonchev–Trinajstić information content (AvgIpc) is 2.90. The molecule has 0 amide bonds. The van der Waals surface area contributed by atoms with E-state index in [0.29, 0.717) is 6.61 Å². The molecular formula is C34H45NO2. The summed E-state index contributed by atoms with van der Waals surface area (Å²) in [7, 11) is 0. The Kier molecular flexibility index (Phi) is 9.08. The third kappa shape index (κ3) is 6.09. The zero-order chi connectivity index (χ0) is 26.4. The van der Waals surface area contributed by atoms with Gasteiger partial charge in [-0.3, -0.25) is 4.79 Å². The zero-order valence-corrected chi connectivity index (χ0v) is 23.6. The molecule has 0 radical (unpaired) electrons. The van der Waals surface area contributed by atoms with Gasteiger partial charge in [-0.25, -0.2) is 0 Å². The Labute approximate surface area is 224 Å². The van der Waals surface area contributed by atoms with Gasteiger partial charge >= 0.3 is 0 Å². The van der Waals surface area contributed by atoms with Crippen LogP contribution in [0.5, 0.6) is 5.75 Å². The third-order valence-electron chi connectivity index (χ3n) is 8.40. The van der Waals surface area contributed by atoms with Gasteiger partial charge in [0.2, 0.25) is 0 Å². The van der Waals surface area contributed by atoms with Gasteiger partial charge in [0.25, 0.3) is 0 Å². The van der Waals surface area contributed by atoms with Crippen LogP contribution in [0.3, 0.4) is 0 Å². The van der Waals surface area contributed by atoms with Crippen LogP contribution in [0.25, 0.3) is 0 Å². The molecule has 2 aliphatic rings. The van der Waals surface area contributed by atoms with Crippen LogP contribution in [0.15, 0.2) is 71.3 Å². The van der Waals surface area contributed by atoms with Crippen LogP contribution in [0.1, 0.15) is 88.2 Å². The number of nitrogens with zero attached hydrogens (tertiary/aromatic N) is 1. The highest BCUT2D eigenvalue weighted by Crippen LogP contribution is 2.48. The molecule has 2 aromatic rings. The second-order valence-corrected chi connectivity index (χ2v) is 11.3. The van der Waals surface area contributed by atoms with Crippen molar-refractivity contribution in [3.8, 4) is 5.75 Å². The molecule has 0 fully saturated rings. The maximum absolute atomic E-state index is 14.2. The van der Waals surface area contributed by atoms with Gasteiger partial charge in [0.05, 0.1) is 0 Å². The lowest BCUT2D eigenvalue weighted by Gasteiger charge is -2.40. The van der Waals surface area contributed by atoms with Gasteiger partial charge in [-0.15, -0.1) is 0 Å². The number of fused-ring (bicyclic) bond motifs is 1. The third-order valence-corrected chi connectivity index (χ3v) is 8.40. The summed E-state index contributed by atoms with van der Waals surface area (Å²) in [4.78, 5) is 16.5. The molecule has 1 unspecified atom stereocenters. The predicted molar refractivity (Wildman–Crippen MR) is 155 cm³/mol. The number of benzene rings is 2. The van der Waals surface area contributed by atoms with Gasteiger partial charge in [-0.05, 0) is 85.2 Å². The van der Waals surface area contributed by atoms with Gasteiger partial charge in [0, 0.05) is 23.1 Å². The Bertz CT molecular complexity index is 1140. The maximum atomic E-state index is 14.2. The summed E-state index contributed by atoms with van der Waals surface area (Å²) >= 11 is 0. The lowest BCUT2D eigenvalue weighted by Crippen LogP contribution is -2.35. The minimum Gasteiger partial charge on any atom is -0.492 e. The highest BCUT2D eigenvalue weighted by molar-refractivity contribution is 6.13. The SMILES string of the molecule is CCN(CC)CCOc1ccc2c(c1)C(C)(C)C1=C(C2=O)C(C)CCCCCC=C1Cc1ccccc1. The molecule has 1 atom stereocenters. The molecule has 0 spiro atoms. The summed E-state index contributed by atoms with van der Waals surface area (Å²) in [6.45, 7) is 14.9. The Morgan fingerprint density at radius 2 is 1.76 bits per heavy atom. The Morgan fingerprint density at radius 3 is 2.49 bits per heavy atom. The molecule has 37 heavy (non-hydrogen) atoms. The van der Waals surface area contributed by atoms with Crippen LogP contribution in [0.2, 0.25) is 0 Å². The van der Waals surface area contributed by atoms with E-state index in [9.17, 15) is 4.79 Å². The molecule has 0 saturated heterocycles. The van der Waals surface area contributed by atoms with Crippen molar-refractivity contribution in [1.82, 2.24) is 4.90 Å². The Hall–Kier alpha value is -2.65. The van der Waals surface area contributed by atoms with Gasteiger partial charge < -0.3 is 9.64 Å². The molecule has 0 aliphatic heterocycles. The molecular weight excluding hydrogens is 454 g/mol. The fourth-order valence-electron chi connectivity index (χ4n) is 6.21. The quantitative estimate of drug-likeness (QED) is 0.369. The smallest absolute Gasteiger partial charge is 0.189 e. The molecule has 0 N–H and O–H groups in total. The normalized spacial score (nSPS) is 19.8. The number of Topliss-reactive ketones (excluding diaryl/α,β-unsaturated/α-hetero) is 1. The van der Waals surface area contributed by atoms with E-state index in [1.807, 2.05) is 12.1 Å². The molecule has 3 heteroatoms. The average molecular weight is 500 g/mol. The summed E-state index contributed by atoms with van der Waals surface area (Å²) in [5.41, 5.74) is 6.58. The van der Waals surface area contributed by atoms with Gasteiger partial charge in [0.15, 0.2) is 5.78 Å². The van der Waals surface area contributed by atoms with Crippen LogP contribution in [-0.4, -0.2) is 36.9 Å². The Balaban J connectivity index is 1.76. The van der Waals surface area contributed by atoms with E-state index < -0.39 is 0 Å². The number of rotatable bonds is 8. The van der Waals surface area contributed by atoms with Crippen molar-refractivity contribution >= 4 is 5.78 Å². The molecule has 0 bridgehead atoms. The summed E-state index contributed by atoms with van der Waals surface area (Å²) < 4.78 is 6.21. The topological polar surface area (TPSA) is 29.5 Å². The fraction of sp³-hybridized carbons (Fsp3) is 0.500. The van der Waals surface area contributed by atoms with E-state index in [4.69, 9.17) is 4.74 Å². The molecule has 0 saturated carbocycles. The van der Waals surface area contributed by atoms with E-state index in [1.165, 1.54) is 36.0 Å². The first kappa shape index (κ1) is 27.4. The van der Waals surface area contributed by atoms with E-state index in [2.05, 4.69) is 82.0 Å². The van der Waals surface area contributed by atoms with Crippen molar-refractivity contribution in [2.75, 3.05) is 26.2 Å². The largest absolute Gasteiger partial charge is 0.492 e. The van der Waals surface area contributed by atoms with Crippen LogP contribution < -0.4 is 4.74 Å². The van der Waals surface area contributed by atoms with Crippen molar-refractivity contribution in [2.24, 2.45) is 5.92 Å². The van der Waals surface area contributed by atoms with E-state index in [-0.39, 0.29) is 17.1 Å². The van der Waals surface area contributed by atoms with Crippen molar-refractivity contribution in [2.45, 2.75) is 78.6 Å². The van der Waals surface area contributed by atoms with Gasteiger partial charge in [-0.2, -0.15) is 0 Å². The predicted octanol–water partition coefficient (Wildman–Crippen LogP) is 7.95. The van der Waals surface area contributed by atoms with Gasteiger partial charge in [-0.1, -0.05) is 83.9 Å². The standard InChI is InChI=1S/C34H45NO2/c1-6-35(7-2)21-22-37-28-19-20-29-30(24-28)34(4,5)32-27(23-26-16-12-10-13-17-26)18-14-9-8-11-15-25(3)31(32)33(29)36/h10,12-13,16-20,24-25H,6-9,11,14-15,21-23H2,1-5H3. The summed E-state index contributed by atoms with van der Waals surface area (Å²) in [6.07, 6.45) is 9.05. The summed E-state index contributed by atoms with van der Waals surface area (Å²) in [5, 5.41) is 0. The second-order valence-electron chi connectivity index (χ2n) is 11.3. The van der Waals surface area contributed by atoms with Crippen molar-refractivity contribution in [1.29, 1.82) is 0 Å². The van der Waals surface area contributed by atoms with Gasteiger partial charge in [0.1, 0.15) is 12.4 Å². The lowest BCUT2D eigenvalue weighted by atomic mass is 9.63. The van der Waals surface area contributed by atoms with E-state index in [1.54, 1.807) is 0 Å². The van der Waals surface area contributed by atoms with Crippen LogP contribution in [-0.2, 0) is 11.8 Å². The van der Waals surface area contributed by atoms with Crippen molar-refractivity contribution in [3.63, 3.8) is 0 Å². The molecule has 4 rings (SSSR count). The maximum Gasteiger partial charge on any atom is 0.189 e. The second kappa shape index (κ2) is 12.3. The first-order chi connectivity index (χ1) is 17.9. The number of ether oxygens (including phenoxy) is 1. The lowest BCUT2D eigenvalue weighted by molar-refractivity contribution is 0.101. The number of allylic oxidation sites excluding steroid dienone is 4. The zero-order valence-electron chi connectivity index (χ0n) is 23.6. The first-order valence-corrected chi connectivity index (χ1v) is 14.4. The highest BCUT2D eigenvalue weighted by Gasteiger charge is 2.41. The number of hydrogen-bond donors (Lipinski definition) is 0. The van der Waals surface area contributed by atoms with Crippen LogP contribution >= 0.6 is 0 Å². The minimum absolute atomic E-state index is 0.214. The summed E-state index contributed by atoms with van der Waals surface area (Å²) in [6, 6.07) is 16.9. The van der Waals surface area contributed by atoms with E-state index >= 15 is 0 Å².